The van der Waals surface area contributed by atoms with Gasteiger partial charge in [0.1, 0.15) is 5.82 Å². The first-order chi connectivity index (χ1) is 9.19. The molecule has 2 unspecified atom stereocenters. The minimum Gasteiger partial charge on any atom is -0.357 e. The summed E-state index contributed by atoms with van der Waals surface area (Å²) in [5.74, 6) is 1.81. The molecule has 2 aliphatic rings. The maximum absolute atomic E-state index is 4.65. The molecule has 5 heteroatoms. The Morgan fingerprint density at radius 1 is 1.26 bits per heavy atom. The lowest BCUT2D eigenvalue weighted by Crippen LogP contribution is -2.37. The van der Waals surface area contributed by atoms with Crippen LogP contribution in [0.15, 0.2) is 6.20 Å². The Labute approximate surface area is 115 Å². The zero-order valence-corrected chi connectivity index (χ0v) is 12.1. The van der Waals surface area contributed by atoms with Crippen LogP contribution in [0.2, 0.25) is 0 Å². The van der Waals surface area contributed by atoms with Gasteiger partial charge in [-0.25, -0.2) is 4.98 Å². The zero-order chi connectivity index (χ0) is 13.4. The monoisotopic (exact) mass is 261 g/mol. The van der Waals surface area contributed by atoms with E-state index in [1.807, 2.05) is 13.2 Å². The summed E-state index contributed by atoms with van der Waals surface area (Å²) >= 11 is 0. The molecular weight excluding hydrogens is 238 g/mol. The molecule has 0 aromatic carbocycles. The molecule has 1 N–H and O–H groups in total. The highest BCUT2D eigenvalue weighted by Gasteiger charge is 2.35. The quantitative estimate of drug-likeness (QED) is 0.874. The van der Waals surface area contributed by atoms with E-state index in [1.54, 1.807) is 0 Å². The fourth-order valence-electron chi connectivity index (χ4n) is 3.37. The predicted octanol–water partition coefficient (Wildman–Crippen LogP) is 1.50. The molecule has 0 saturated carbocycles. The molecule has 0 aliphatic carbocycles. The molecule has 1 aromatic rings. The molecule has 104 valence electrons. The summed E-state index contributed by atoms with van der Waals surface area (Å²) in [6.45, 7) is 4.29. The van der Waals surface area contributed by atoms with Crippen molar-refractivity contribution in [2.24, 2.45) is 0 Å². The van der Waals surface area contributed by atoms with Crippen LogP contribution in [0.25, 0.3) is 0 Å². The second kappa shape index (κ2) is 4.96. The van der Waals surface area contributed by atoms with Crippen LogP contribution >= 0.6 is 0 Å². The fraction of sp³-hybridized carbons (Fsp3) is 0.714. The molecule has 0 radical (unpaired) electrons. The van der Waals surface area contributed by atoms with E-state index in [0.29, 0.717) is 12.0 Å². The highest BCUT2D eigenvalue weighted by Crippen LogP contribution is 2.31. The van der Waals surface area contributed by atoms with Crippen LogP contribution in [-0.2, 0) is 0 Å². The van der Waals surface area contributed by atoms with Crippen molar-refractivity contribution >= 4 is 11.8 Å². The van der Waals surface area contributed by atoms with Gasteiger partial charge in [0.05, 0.1) is 0 Å². The molecule has 0 spiro atoms. The maximum atomic E-state index is 4.65. The topological polar surface area (TPSA) is 44.3 Å². The lowest BCUT2D eigenvalue weighted by molar-refractivity contribution is 0.254. The largest absolute Gasteiger partial charge is 0.357 e. The average Bonchev–Trinajstić information content (AvgIpc) is 2.65. The zero-order valence-electron chi connectivity index (χ0n) is 12.1. The Kier molecular flexibility index (Phi) is 3.31. The van der Waals surface area contributed by atoms with Gasteiger partial charge in [0.25, 0.3) is 0 Å². The predicted molar refractivity (Wildman–Crippen MR) is 77.7 cm³/mol. The van der Waals surface area contributed by atoms with Crippen molar-refractivity contribution in [3.05, 3.63) is 11.8 Å². The average molecular weight is 261 g/mol. The van der Waals surface area contributed by atoms with Gasteiger partial charge in [0, 0.05) is 44.0 Å². The Hall–Kier alpha value is -1.36. The summed E-state index contributed by atoms with van der Waals surface area (Å²) in [6.07, 6.45) is 5.84. The van der Waals surface area contributed by atoms with E-state index in [1.165, 1.54) is 24.8 Å². The van der Waals surface area contributed by atoms with E-state index in [4.69, 9.17) is 0 Å². The summed E-state index contributed by atoms with van der Waals surface area (Å²) in [5, 5.41) is 3.03. The molecule has 2 atom stereocenters. The Bertz CT molecular complexity index is 461. The molecule has 0 amide bonds. The molecule has 2 aliphatic heterocycles. The Morgan fingerprint density at radius 2 is 2.05 bits per heavy atom. The third kappa shape index (κ3) is 2.27. The van der Waals surface area contributed by atoms with Gasteiger partial charge in [0.2, 0.25) is 5.95 Å². The maximum Gasteiger partial charge on any atom is 0.224 e. The van der Waals surface area contributed by atoms with Gasteiger partial charge in [-0.05, 0) is 33.2 Å². The van der Waals surface area contributed by atoms with Gasteiger partial charge in [-0.3, -0.25) is 4.90 Å². The second-order valence-corrected chi connectivity index (χ2v) is 5.74. The van der Waals surface area contributed by atoms with Crippen molar-refractivity contribution < 1.29 is 0 Å². The van der Waals surface area contributed by atoms with E-state index < -0.39 is 0 Å². The minimum atomic E-state index is 0.680. The van der Waals surface area contributed by atoms with E-state index >= 15 is 0 Å². The molecule has 2 saturated heterocycles. The smallest absolute Gasteiger partial charge is 0.224 e. The van der Waals surface area contributed by atoms with Crippen LogP contribution in [0, 0.1) is 6.92 Å². The number of likely N-dealkylation sites (N-methyl/N-ethyl adjacent to an activating group) is 1. The van der Waals surface area contributed by atoms with Crippen LogP contribution < -0.4 is 10.2 Å². The van der Waals surface area contributed by atoms with E-state index in [9.17, 15) is 0 Å². The van der Waals surface area contributed by atoms with E-state index in [2.05, 4.69) is 39.1 Å². The summed E-state index contributed by atoms with van der Waals surface area (Å²) in [6, 6.07) is 1.45. The standard InChI is InChI=1S/C14H23N5/c1-10-8-16-14(15-2)17-13(10)19-7-6-11-4-5-12(9-19)18(11)3/h8,11-12H,4-7,9H2,1-3H3,(H,15,16,17). The molecule has 3 heterocycles. The molecule has 2 bridgehead atoms. The fourth-order valence-corrected chi connectivity index (χ4v) is 3.37. The molecule has 2 fully saturated rings. The second-order valence-electron chi connectivity index (χ2n) is 5.74. The molecule has 19 heavy (non-hydrogen) atoms. The number of fused-ring (bicyclic) bond motifs is 2. The normalized spacial score (nSPS) is 27.4. The minimum absolute atomic E-state index is 0.680. The third-order valence-corrected chi connectivity index (χ3v) is 4.62. The lowest BCUT2D eigenvalue weighted by atomic mass is 10.1. The van der Waals surface area contributed by atoms with Gasteiger partial charge in [-0.1, -0.05) is 0 Å². The number of rotatable bonds is 2. The van der Waals surface area contributed by atoms with Gasteiger partial charge < -0.3 is 10.2 Å². The number of aryl methyl sites for hydroxylation is 1. The van der Waals surface area contributed by atoms with Crippen molar-refractivity contribution in [2.75, 3.05) is 37.4 Å². The van der Waals surface area contributed by atoms with Crippen LogP contribution in [0.3, 0.4) is 0 Å². The number of aromatic nitrogens is 2. The van der Waals surface area contributed by atoms with Crippen LogP contribution in [0.5, 0.6) is 0 Å². The van der Waals surface area contributed by atoms with Crippen molar-refractivity contribution in [3.63, 3.8) is 0 Å². The summed E-state index contributed by atoms with van der Waals surface area (Å²) in [7, 11) is 4.14. The third-order valence-electron chi connectivity index (χ3n) is 4.62. The number of anilines is 2. The number of hydrogen-bond donors (Lipinski definition) is 1. The highest BCUT2D eigenvalue weighted by atomic mass is 15.3. The Balaban J connectivity index is 1.86. The van der Waals surface area contributed by atoms with Crippen molar-refractivity contribution in [1.29, 1.82) is 0 Å². The van der Waals surface area contributed by atoms with E-state index in [0.717, 1.165) is 24.9 Å². The van der Waals surface area contributed by atoms with Crippen LogP contribution in [0.4, 0.5) is 11.8 Å². The van der Waals surface area contributed by atoms with E-state index in [-0.39, 0.29) is 0 Å². The number of hydrogen-bond acceptors (Lipinski definition) is 5. The molecular formula is C14H23N5. The van der Waals surface area contributed by atoms with Gasteiger partial charge in [-0.2, -0.15) is 4.98 Å². The van der Waals surface area contributed by atoms with Crippen LogP contribution in [0.1, 0.15) is 24.8 Å². The summed E-state index contributed by atoms with van der Waals surface area (Å²) in [5.41, 5.74) is 1.17. The summed E-state index contributed by atoms with van der Waals surface area (Å²) in [4.78, 5) is 13.9. The van der Waals surface area contributed by atoms with Gasteiger partial charge >= 0.3 is 0 Å². The van der Waals surface area contributed by atoms with Crippen LogP contribution in [-0.4, -0.2) is 54.1 Å². The Morgan fingerprint density at radius 3 is 2.84 bits per heavy atom. The lowest BCUT2D eigenvalue weighted by Gasteiger charge is -2.27. The van der Waals surface area contributed by atoms with Gasteiger partial charge in [-0.15, -0.1) is 0 Å². The summed E-state index contributed by atoms with van der Waals surface area (Å²) < 4.78 is 0. The molecule has 5 nitrogen and oxygen atoms in total. The SMILES string of the molecule is CNc1ncc(C)c(N2CCC3CCC(C2)N3C)n1. The number of nitrogens with zero attached hydrogens (tertiary/aromatic N) is 4. The van der Waals surface area contributed by atoms with Crippen molar-refractivity contribution in [2.45, 2.75) is 38.3 Å². The highest BCUT2D eigenvalue weighted by molar-refractivity contribution is 5.49. The van der Waals surface area contributed by atoms with Gasteiger partial charge in [0.15, 0.2) is 0 Å². The number of nitrogens with one attached hydrogen (secondary N) is 1. The van der Waals surface area contributed by atoms with Crippen molar-refractivity contribution in [3.8, 4) is 0 Å². The molecule has 1 aromatic heterocycles. The first kappa shape index (κ1) is 12.7. The molecule has 3 rings (SSSR count). The first-order valence-corrected chi connectivity index (χ1v) is 7.17. The van der Waals surface area contributed by atoms with Crippen molar-refractivity contribution in [1.82, 2.24) is 14.9 Å². The first-order valence-electron chi connectivity index (χ1n) is 7.17.